The molecule has 4 nitrogen and oxygen atoms in total. The molecule has 0 N–H and O–H groups in total. The summed E-state index contributed by atoms with van der Waals surface area (Å²) >= 11 is 6.84. The maximum absolute atomic E-state index is 13.3. The molecule has 2 aliphatic rings. The van der Waals surface area contributed by atoms with Crippen LogP contribution in [0.15, 0.2) is 53.4 Å². The van der Waals surface area contributed by atoms with Crippen LogP contribution in [0.4, 0.5) is 10.2 Å². The molecule has 2 fully saturated rings. The van der Waals surface area contributed by atoms with Crippen molar-refractivity contribution >= 4 is 57.0 Å². The standard InChI is InChI=1S/C27H26FN3OS2/c1-17-9-11-30(12-10-17)25-21(14-20-13-18(2)3-8-23(20)29-25)15-24-26(32)31(27(33)34-24)16-19-4-6-22(28)7-5-19/h3-8,13-15,17H,9-12,16H2,1-2H3/b24-15-. The number of anilines is 1. The summed E-state index contributed by atoms with van der Waals surface area (Å²) in [6, 6.07) is 14.6. The SMILES string of the molecule is Cc1ccc2nc(N3CCC(C)CC3)c(/C=C3\SC(=S)N(Cc4ccc(F)cc4)C3=O)cc2c1. The molecule has 2 aliphatic heterocycles. The van der Waals surface area contributed by atoms with E-state index in [0.29, 0.717) is 21.7 Å². The molecule has 0 aliphatic carbocycles. The number of pyridine rings is 1. The Balaban J connectivity index is 1.50. The lowest BCUT2D eigenvalue weighted by atomic mass is 9.98. The molecule has 3 aromatic rings. The molecule has 2 aromatic carbocycles. The van der Waals surface area contributed by atoms with Crippen molar-refractivity contribution in [3.63, 3.8) is 0 Å². The van der Waals surface area contributed by atoms with Crippen LogP contribution in [0.25, 0.3) is 17.0 Å². The average Bonchev–Trinajstić information content (AvgIpc) is 3.08. The number of thioether (sulfide) groups is 1. The third kappa shape index (κ3) is 4.72. The van der Waals surface area contributed by atoms with Gasteiger partial charge in [-0.1, -0.05) is 54.7 Å². The number of fused-ring (bicyclic) bond motifs is 1. The molecule has 0 atom stereocenters. The van der Waals surface area contributed by atoms with Crippen molar-refractivity contribution in [2.24, 2.45) is 5.92 Å². The summed E-state index contributed by atoms with van der Waals surface area (Å²) in [6.45, 7) is 6.60. The van der Waals surface area contributed by atoms with Crippen LogP contribution in [-0.4, -0.2) is 33.2 Å². The minimum absolute atomic E-state index is 0.123. The summed E-state index contributed by atoms with van der Waals surface area (Å²) in [5.74, 6) is 1.21. The highest BCUT2D eigenvalue weighted by molar-refractivity contribution is 8.26. The Bertz CT molecular complexity index is 1300. The van der Waals surface area contributed by atoms with Crippen LogP contribution in [0.5, 0.6) is 0 Å². The first kappa shape index (κ1) is 23.0. The van der Waals surface area contributed by atoms with Crippen molar-refractivity contribution in [1.29, 1.82) is 0 Å². The smallest absolute Gasteiger partial charge is 0.266 e. The van der Waals surface area contributed by atoms with E-state index >= 15 is 0 Å². The highest BCUT2D eigenvalue weighted by atomic mass is 32.2. The number of hydrogen-bond donors (Lipinski definition) is 0. The van der Waals surface area contributed by atoms with E-state index in [1.165, 1.54) is 29.5 Å². The Kier molecular flexibility index (Phi) is 6.40. The molecule has 5 rings (SSSR count). The first-order valence-corrected chi connectivity index (χ1v) is 12.8. The quantitative estimate of drug-likeness (QED) is 0.315. The zero-order valence-corrected chi connectivity index (χ0v) is 20.9. The van der Waals surface area contributed by atoms with E-state index < -0.39 is 0 Å². The summed E-state index contributed by atoms with van der Waals surface area (Å²) < 4.78 is 13.8. The van der Waals surface area contributed by atoms with E-state index in [1.54, 1.807) is 17.0 Å². The minimum atomic E-state index is -0.298. The fourth-order valence-corrected chi connectivity index (χ4v) is 5.68. The third-order valence-electron chi connectivity index (χ3n) is 6.48. The molecule has 174 valence electrons. The molecule has 1 aromatic heterocycles. The predicted octanol–water partition coefficient (Wildman–Crippen LogP) is 6.32. The van der Waals surface area contributed by atoms with Crippen LogP contribution >= 0.6 is 24.0 Å². The molecule has 34 heavy (non-hydrogen) atoms. The zero-order chi connectivity index (χ0) is 23.8. The van der Waals surface area contributed by atoms with Crippen molar-refractivity contribution in [2.75, 3.05) is 18.0 Å². The monoisotopic (exact) mass is 491 g/mol. The number of aromatic nitrogens is 1. The summed E-state index contributed by atoms with van der Waals surface area (Å²) in [5, 5.41) is 1.06. The van der Waals surface area contributed by atoms with Crippen LogP contribution in [-0.2, 0) is 11.3 Å². The molecule has 0 saturated carbocycles. The Labute approximate surface area is 208 Å². The van der Waals surface area contributed by atoms with Crippen LogP contribution < -0.4 is 4.90 Å². The van der Waals surface area contributed by atoms with Gasteiger partial charge in [-0.2, -0.15) is 0 Å². The Hall–Kier alpha value is -2.77. The molecule has 0 radical (unpaired) electrons. The number of carbonyl (C=O) groups excluding carboxylic acids is 1. The molecule has 0 spiro atoms. The summed E-state index contributed by atoms with van der Waals surface area (Å²) in [5.41, 5.74) is 3.91. The van der Waals surface area contributed by atoms with E-state index in [2.05, 4.69) is 43.0 Å². The highest BCUT2D eigenvalue weighted by Gasteiger charge is 2.32. The van der Waals surface area contributed by atoms with E-state index in [0.717, 1.165) is 53.8 Å². The van der Waals surface area contributed by atoms with Crippen molar-refractivity contribution < 1.29 is 9.18 Å². The van der Waals surface area contributed by atoms with Crippen LogP contribution in [0.3, 0.4) is 0 Å². The van der Waals surface area contributed by atoms with Gasteiger partial charge in [-0.05, 0) is 67.7 Å². The molecular weight excluding hydrogens is 465 g/mol. The Morgan fingerprint density at radius 1 is 1.15 bits per heavy atom. The molecule has 3 heterocycles. The Morgan fingerprint density at radius 2 is 1.88 bits per heavy atom. The van der Waals surface area contributed by atoms with Gasteiger partial charge >= 0.3 is 0 Å². The molecular formula is C27H26FN3OS2. The molecule has 0 bridgehead atoms. The normalized spacial score (nSPS) is 18.5. The number of aryl methyl sites for hydroxylation is 1. The van der Waals surface area contributed by atoms with Gasteiger partial charge in [0, 0.05) is 24.0 Å². The van der Waals surface area contributed by atoms with Gasteiger partial charge in [-0.3, -0.25) is 9.69 Å². The number of amides is 1. The van der Waals surface area contributed by atoms with Crippen LogP contribution in [0.1, 0.15) is 36.5 Å². The molecule has 7 heteroatoms. The van der Waals surface area contributed by atoms with Gasteiger partial charge in [0.15, 0.2) is 0 Å². The van der Waals surface area contributed by atoms with Gasteiger partial charge in [0.25, 0.3) is 5.91 Å². The van der Waals surface area contributed by atoms with Crippen molar-refractivity contribution in [3.05, 3.63) is 75.9 Å². The van der Waals surface area contributed by atoms with E-state index in [9.17, 15) is 9.18 Å². The van der Waals surface area contributed by atoms with Gasteiger partial charge in [0.2, 0.25) is 0 Å². The van der Waals surface area contributed by atoms with Gasteiger partial charge in [-0.25, -0.2) is 9.37 Å². The second-order valence-corrected chi connectivity index (χ2v) is 10.8. The molecule has 2 saturated heterocycles. The van der Waals surface area contributed by atoms with Crippen molar-refractivity contribution in [1.82, 2.24) is 9.88 Å². The van der Waals surface area contributed by atoms with Crippen LogP contribution in [0.2, 0.25) is 0 Å². The molecule has 0 unspecified atom stereocenters. The first-order chi connectivity index (χ1) is 16.4. The number of thiocarbonyl (C=S) groups is 1. The lowest BCUT2D eigenvalue weighted by Crippen LogP contribution is -2.34. The summed E-state index contributed by atoms with van der Waals surface area (Å²) in [4.78, 5) is 22.8. The summed E-state index contributed by atoms with van der Waals surface area (Å²) in [7, 11) is 0. The van der Waals surface area contributed by atoms with Crippen LogP contribution in [0, 0.1) is 18.7 Å². The van der Waals surface area contributed by atoms with E-state index in [-0.39, 0.29) is 11.7 Å². The second-order valence-electron chi connectivity index (χ2n) is 9.16. The topological polar surface area (TPSA) is 36.4 Å². The largest absolute Gasteiger partial charge is 0.356 e. The highest BCUT2D eigenvalue weighted by Crippen LogP contribution is 2.36. The maximum atomic E-state index is 13.3. The number of benzene rings is 2. The second kappa shape index (κ2) is 9.47. The number of piperidine rings is 1. The third-order valence-corrected chi connectivity index (χ3v) is 7.85. The number of carbonyl (C=O) groups is 1. The lowest BCUT2D eigenvalue weighted by molar-refractivity contribution is -0.122. The van der Waals surface area contributed by atoms with Gasteiger partial charge in [-0.15, -0.1) is 0 Å². The van der Waals surface area contributed by atoms with Gasteiger partial charge in [0.05, 0.1) is 17.0 Å². The van der Waals surface area contributed by atoms with Crippen molar-refractivity contribution in [2.45, 2.75) is 33.2 Å². The van der Waals surface area contributed by atoms with E-state index in [4.69, 9.17) is 17.2 Å². The lowest BCUT2D eigenvalue weighted by Gasteiger charge is -2.32. The minimum Gasteiger partial charge on any atom is -0.356 e. The predicted molar refractivity (Wildman–Crippen MR) is 142 cm³/mol. The van der Waals surface area contributed by atoms with E-state index in [1.807, 2.05) is 6.08 Å². The molecule has 1 amide bonds. The zero-order valence-electron chi connectivity index (χ0n) is 19.3. The van der Waals surface area contributed by atoms with Crippen molar-refractivity contribution in [3.8, 4) is 0 Å². The fourth-order valence-electron chi connectivity index (χ4n) is 4.43. The number of rotatable bonds is 4. The number of halogens is 1. The number of hydrogen-bond acceptors (Lipinski definition) is 5. The maximum Gasteiger partial charge on any atom is 0.266 e. The first-order valence-electron chi connectivity index (χ1n) is 11.5. The Morgan fingerprint density at radius 3 is 2.62 bits per heavy atom. The van der Waals surface area contributed by atoms with Gasteiger partial charge in [0.1, 0.15) is 16.0 Å². The fraction of sp³-hybridized carbons (Fsp3) is 0.296. The van der Waals surface area contributed by atoms with Gasteiger partial charge < -0.3 is 4.90 Å². The summed E-state index contributed by atoms with van der Waals surface area (Å²) in [6.07, 6.45) is 4.20. The number of nitrogens with zero attached hydrogens (tertiary/aromatic N) is 3. The average molecular weight is 492 g/mol.